The van der Waals surface area contributed by atoms with Gasteiger partial charge in [0.25, 0.3) is 0 Å². The predicted octanol–water partition coefficient (Wildman–Crippen LogP) is 1.58. The van der Waals surface area contributed by atoms with Crippen LogP contribution >= 0.6 is 0 Å². The molecule has 0 saturated carbocycles. The normalized spacial score (nSPS) is 21.5. The molecule has 1 atom stereocenters. The van der Waals surface area contributed by atoms with E-state index in [9.17, 15) is 4.79 Å². The van der Waals surface area contributed by atoms with Crippen LogP contribution in [0.4, 0.5) is 0 Å². The highest BCUT2D eigenvalue weighted by molar-refractivity contribution is 5.75. The topological polar surface area (TPSA) is 29.5 Å². The zero-order chi connectivity index (χ0) is 10.7. The van der Waals surface area contributed by atoms with Crippen LogP contribution in [-0.4, -0.2) is 37.4 Å². The monoisotopic (exact) mass is 205 g/mol. The third-order valence-corrected chi connectivity index (χ3v) is 2.65. The molecule has 0 radical (unpaired) electrons. The Hall–Kier alpha value is -1.35. The summed E-state index contributed by atoms with van der Waals surface area (Å²) >= 11 is 0. The minimum Gasteiger partial charge on any atom is -0.489 e. The van der Waals surface area contributed by atoms with Crippen LogP contribution in [0.15, 0.2) is 24.3 Å². The van der Waals surface area contributed by atoms with Crippen LogP contribution < -0.4 is 4.74 Å². The number of carbonyl (C=O) groups is 1. The molecule has 15 heavy (non-hydrogen) atoms. The fourth-order valence-corrected chi connectivity index (χ4v) is 1.84. The lowest BCUT2D eigenvalue weighted by Crippen LogP contribution is -2.21. The van der Waals surface area contributed by atoms with Gasteiger partial charge in [0.05, 0.1) is 0 Å². The summed E-state index contributed by atoms with van der Waals surface area (Å²) in [6, 6.07) is 7.30. The Morgan fingerprint density at radius 2 is 2.40 bits per heavy atom. The number of hydrogen-bond acceptors (Lipinski definition) is 3. The van der Waals surface area contributed by atoms with Crippen molar-refractivity contribution in [2.45, 2.75) is 12.5 Å². The molecule has 0 bridgehead atoms. The quantitative estimate of drug-likeness (QED) is 0.702. The molecule has 3 heteroatoms. The first-order chi connectivity index (χ1) is 7.28. The Morgan fingerprint density at radius 3 is 3.07 bits per heavy atom. The number of hydrogen-bond donors (Lipinski definition) is 0. The molecule has 2 rings (SSSR count). The smallest absolute Gasteiger partial charge is 0.150 e. The van der Waals surface area contributed by atoms with Crippen molar-refractivity contribution in [2.24, 2.45) is 0 Å². The molecule has 0 aliphatic carbocycles. The van der Waals surface area contributed by atoms with Gasteiger partial charge in [0.1, 0.15) is 18.1 Å². The molecule has 0 amide bonds. The maximum absolute atomic E-state index is 10.6. The molecule has 1 saturated heterocycles. The first-order valence-electron chi connectivity index (χ1n) is 5.18. The summed E-state index contributed by atoms with van der Waals surface area (Å²) in [5.74, 6) is 0.792. The summed E-state index contributed by atoms with van der Waals surface area (Å²) < 4.78 is 5.79. The van der Waals surface area contributed by atoms with E-state index in [0.717, 1.165) is 31.5 Å². The van der Waals surface area contributed by atoms with Gasteiger partial charge in [-0.3, -0.25) is 4.79 Å². The molecule has 1 unspecified atom stereocenters. The minimum atomic E-state index is 0.261. The van der Waals surface area contributed by atoms with Crippen LogP contribution in [0.5, 0.6) is 5.75 Å². The molecule has 1 aliphatic heterocycles. The van der Waals surface area contributed by atoms with Crippen molar-refractivity contribution in [3.8, 4) is 5.75 Å². The van der Waals surface area contributed by atoms with Gasteiger partial charge in [0.15, 0.2) is 0 Å². The average Bonchev–Trinajstić information content (AvgIpc) is 2.64. The zero-order valence-corrected chi connectivity index (χ0v) is 8.85. The largest absolute Gasteiger partial charge is 0.489 e. The van der Waals surface area contributed by atoms with E-state index < -0.39 is 0 Å². The minimum absolute atomic E-state index is 0.261. The molecule has 1 aliphatic rings. The molecule has 80 valence electrons. The summed E-state index contributed by atoms with van der Waals surface area (Å²) in [6.07, 6.45) is 2.16. The number of likely N-dealkylation sites (tertiary alicyclic amines) is 1. The average molecular weight is 205 g/mol. The second kappa shape index (κ2) is 4.45. The molecule has 3 nitrogen and oxygen atoms in total. The Labute approximate surface area is 89.7 Å². The molecule has 0 N–H and O–H groups in total. The van der Waals surface area contributed by atoms with Crippen molar-refractivity contribution < 1.29 is 9.53 Å². The Bertz CT molecular complexity index is 351. The van der Waals surface area contributed by atoms with E-state index in [2.05, 4.69) is 11.9 Å². The highest BCUT2D eigenvalue weighted by Crippen LogP contribution is 2.18. The summed E-state index contributed by atoms with van der Waals surface area (Å²) in [4.78, 5) is 12.8. The lowest BCUT2D eigenvalue weighted by Gasteiger charge is -2.13. The highest BCUT2D eigenvalue weighted by atomic mass is 16.5. The van der Waals surface area contributed by atoms with Crippen molar-refractivity contribution in [3.05, 3.63) is 29.8 Å². The maximum atomic E-state index is 10.6. The fourth-order valence-electron chi connectivity index (χ4n) is 1.84. The third kappa shape index (κ3) is 2.57. The first kappa shape index (κ1) is 10.2. The molecular weight excluding hydrogens is 190 g/mol. The van der Waals surface area contributed by atoms with Gasteiger partial charge in [-0.05, 0) is 25.6 Å². The molecule has 1 aromatic rings. The second-order valence-electron chi connectivity index (χ2n) is 3.98. The molecule has 1 fully saturated rings. The van der Waals surface area contributed by atoms with Crippen LogP contribution in [0.25, 0.3) is 0 Å². The standard InChI is InChI=1S/C12H15NO2/c1-13-6-5-12(8-13)15-11-4-2-3-10(7-11)9-14/h2-4,7,9,12H,5-6,8H2,1H3. The maximum Gasteiger partial charge on any atom is 0.150 e. The van der Waals surface area contributed by atoms with Gasteiger partial charge < -0.3 is 9.64 Å². The van der Waals surface area contributed by atoms with E-state index in [-0.39, 0.29) is 6.10 Å². The van der Waals surface area contributed by atoms with Gasteiger partial charge >= 0.3 is 0 Å². The van der Waals surface area contributed by atoms with E-state index in [1.165, 1.54) is 0 Å². The Morgan fingerprint density at radius 1 is 1.53 bits per heavy atom. The van der Waals surface area contributed by atoms with E-state index >= 15 is 0 Å². The summed E-state index contributed by atoms with van der Waals surface area (Å²) in [5, 5.41) is 0. The molecule has 1 heterocycles. The van der Waals surface area contributed by atoms with Gasteiger partial charge in [-0.25, -0.2) is 0 Å². The number of benzene rings is 1. The first-order valence-corrected chi connectivity index (χ1v) is 5.18. The molecule has 0 aromatic heterocycles. The van der Waals surface area contributed by atoms with E-state index in [1.807, 2.05) is 12.1 Å². The zero-order valence-electron chi connectivity index (χ0n) is 8.85. The molecular formula is C12H15NO2. The van der Waals surface area contributed by atoms with E-state index in [0.29, 0.717) is 5.56 Å². The van der Waals surface area contributed by atoms with Gasteiger partial charge in [-0.15, -0.1) is 0 Å². The van der Waals surface area contributed by atoms with Gasteiger partial charge in [0, 0.05) is 18.7 Å². The SMILES string of the molecule is CN1CCC(Oc2cccc(C=O)c2)C1. The third-order valence-electron chi connectivity index (χ3n) is 2.65. The Balaban J connectivity index is 2.01. The van der Waals surface area contributed by atoms with Crippen molar-refractivity contribution in [1.29, 1.82) is 0 Å². The number of rotatable bonds is 3. The van der Waals surface area contributed by atoms with Crippen LogP contribution in [-0.2, 0) is 0 Å². The fraction of sp³-hybridized carbons (Fsp3) is 0.417. The van der Waals surface area contributed by atoms with Crippen LogP contribution in [0.2, 0.25) is 0 Å². The summed E-state index contributed by atoms with van der Waals surface area (Å²) in [5.41, 5.74) is 0.666. The number of aldehydes is 1. The van der Waals surface area contributed by atoms with E-state index in [4.69, 9.17) is 4.74 Å². The lowest BCUT2D eigenvalue weighted by atomic mass is 10.2. The lowest BCUT2D eigenvalue weighted by molar-refractivity contribution is 0.112. The van der Waals surface area contributed by atoms with Crippen LogP contribution in [0, 0.1) is 0 Å². The van der Waals surface area contributed by atoms with Crippen molar-refractivity contribution >= 4 is 6.29 Å². The number of ether oxygens (including phenoxy) is 1. The summed E-state index contributed by atoms with van der Waals surface area (Å²) in [7, 11) is 2.09. The second-order valence-corrected chi connectivity index (χ2v) is 3.98. The predicted molar refractivity (Wildman–Crippen MR) is 58.4 cm³/mol. The van der Waals surface area contributed by atoms with E-state index in [1.54, 1.807) is 12.1 Å². The highest BCUT2D eigenvalue weighted by Gasteiger charge is 2.20. The van der Waals surface area contributed by atoms with Crippen molar-refractivity contribution in [1.82, 2.24) is 4.90 Å². The van der Waals surface area contributed by atoms with Gasteiger partial charge in [-0.1, -0.05) is 12.1 Å². The molecule has 0 spiro atoms. The number of nitrogens with zero attached hydrogens (tertiary/aromatic N) is 1. The van der Waals surface area contributed by atoms with Gasteiger partial charge in [-0.2, -0.15) is 0 Å². The Kier molecular flexibility index (Phi) is 3.02. The number of likely N-dealkylation sites (N-methyl/N-ethyl adjacent to an activating group) is 1. The molecule has 1 aromatic carbocycles. The van der Waals surface area contributed by atoms with Crippen LogP contribution in [0.3, 0.4) is 0 Å². The van der Waals surface area contributed by atoms with Crippen molar-refractivity contribution in [2.75, 3.05) is 20.1 Å². The number of carbonyl (C=O) groups excluding carboxylic acids is 1. The van der Waals surface area contributed by atoms with Gasteiger partial charge in [0.2, 0.25) is 0 Å². The summed E-state index contributed by atoms with van der Waals surface area (Å²) in [6.45, 7) is 2.04. The van der Waals surface area contributed by atoms with Crippen molar-refractivity contribution in [3.63, 3.8) is 0 Å². The van der Waals surface area contributed by atoms with Crippen LogP contribution in [0.1, 0.15) is 16.8 Å².